The molecule has 0 saturated heterocycles. The van der Waals surface area contributed by atoms with Gasteiger partial charge >= 0.3 is 5.76 Å². The van der Waals surface area contributed by atoms with E-state index in [9.17, 15) is 9.59 Å². The van der Waals surface area contributed by atoms with Crippen molar-refractivity contribution < 1.29 is 9.21 Å². The van der Waals surface area contributed by atoms with Crippen LogP contribution >= 0.6 is 0 Å². The van der Waals surface area contributed by atoms with Gasteiger partial charge in [0.25, 0.3) is 0 Å². The highest BCUT2D eigenvalue weighted by molar-refractivity contribution is 5.79. The van der Waals surface area contributed by atoms with Crippen molar-refractivity contribution in [2.24, 2.45) is 7.05 Å². The first kappa shape index (κ1) is 15.1. The molecule has 23 heavy (non-hydrogen) atoms. The zero-order valence-electron chi connectivity index (χ0n) is 13.1. The van der Waals surface area contributed by atoms with Gasteiger partial charge in [0.2, 0.25) is 5.91 Å². The molecule has 3 aromatic rings. The van der Waals surface area contributed by atoms with Crippen LogP contribution in [-0.2, 0) is 24.8 Å². The lowest BCUT2D eigenvalue weighted by atomic mass is 10.1. The van der Waals surface area contributed by atoms with Crippen LogP contribution in [0.4, 0.5) is 0 Å². The lowest BCUT2D eigenvalue weighted by Gasteiger charge is -2.07. The van der Waals surface area contributed by atoms with Crippen LogP contribution < -0.4 is 11.1 Å². The van der Waals surface area contributed by atoms with Gasteiger partial charge in [0.15, 0.2) is 5.58 Å². The van der Waals surface area contributed by atoms with Crippen LogP contribution in [0.15, 0.2) is 51.7 Å². The molecule has 118 valence electrons. The number of benzene rings is 2. The standard InChI is InChI=1S/C18H18N2O3/c1-12-5-3-4-6-14(12)10-17(21)19-11-13-7-8-16-15(9-13)20(2)18(22)23-16/h3-9H,10-11H2,1-2H3,(H,19,21). The molecule has 0 aliphatic heterocycles. The Kier molecular flexibility index (Phi) is 4.02. The lowest BCUT2D eigenvalue weighted by Crippen LogP contribution is -2.24. The zero-order chi connectivity index (χ0) is 16.4. The SMILES string of the molecule is Cc1ccccc1CC(=O)NCc1ccc2oc(=O)n(C)c2c1. The second kappa shape index (κ2) is 6.12. The Labute approximate surface area is 133 Å². The van der Waals surface area contributed by atoms with E-state index in [0.717, 1.165) is 22.2 Å². The Bertz CT molecular complexity index is 921. The monoisotopic (exact) mass is 310 g/mol. The molecule has 0 aliphatic carbocycles. The molecule has 0 fully saturated rings. The van der Waals surface area contributed by atoms with E-state index in [2.05, 4.69) is 5.32 Å². The summed E-state index contributed by atoms with van der Waals surface area (Å²) in [6.45, 7) is 2.41. The molecule has 1 amide bonds. The second-order valence-corrected chi connectivity index (χ2v) is 5.61. The van der Waals surface area contributed by atoms with E-state index < -0.39 is 0 Å². The fourth-order valence-corrected chi connectivity index (χ4v) is 2.53. The number of oxazole rings is 1. The van der Waals surface area contributed by atoms with Gasteiger partial charge in [-0.15, -0.1) is 0 Å². The summed E-state index contributed by atoms with van der Waals surface area (Å²) < 4.78 is 6.54. The molecule has 1 aromatic heterocycles. The average molecular weight is 310 g/mol. The first-order chi connectivity index (χ1) is 11.0. The fraction of sp³-hybridized carbons (Fsp3) is 0.222. The van der Waals surface area contributed by atoms with Crippen LogP contribution in [0, 0.1) is 6.92 Å². The highest BCUT2D eigenvalue weighted by Crippen LogP contribution is 2.14. The van der Waals surface area contributed by atoms with Gasteiger partial charge in [0.05, 0.1) is 11.9 Å². The smallest absolute Gasteiger partial charge is 0.408 e. The minimum Gasteiger partial charge on any atom is -0.408 e. The molecule has 0 spiro atoms. The van der Waals surface area contributed by atoms with Crippen molar-refractivity contribution >= 4 is 17.0 Å². The van der Waals surface area contributed by atoms with E-state index in [1.54, 1.807) is 13.1 Å². The number of hydrogen-bond acceptors (Lipinski definition) is 3. The number of hydrogen-bond donors (Lipinski definition) is 1. The molecule has 1 heterocycles. The summed E-state index contributed by atoms with van der Waals surface area (Å²) in [5, 5.41) is 2.91. The molecular formula is C18H18N2O3. The summed E-state index contributed by atoms with van der Waals surface area (Å²) in [6, 6.07) is 13.3. The summed E-state index contributed by atoms with van der Waals surface area (Å²) in [6.07, 6.45) is 0.360. The molecule has 2 aromatic carbocycles. The molecule has 0 radical (unpaired) electrons. The number of carbonyl (C=O) groups excluding carboxylic acids is 1. The topological polar surface area (TPSA) is 64.2 Å². The third kappa shape index (κ3) is 3.18. The third-order valence-corrected chi connectivity index (χ3v) is 3.96. The van der Waals surface area contributed by atoms with Crippen molar-refractivity contribution in [3.8, 4) is 0 Å². The van der Waals surface area contributed by atoms with E-state index in [4.69, 9.17) is 4.42 Å². The third-order valence-electron chi connectivity index (χ3n) is 3.96. The molecule has 0 aliphatic rings. The van der Waals surface area contributed by atoms with Gasteiger partial charge < -0.3 is 9.73 Å². The largest absolute Gasteiger partial charge is 0.419 e. The van der Waals surface area contributed by atoms with Crippen LogP contribution in [-0.4, -0.2) is 10.5 Å². The highest BCUT2D eigenvalue weighted by Gasteiger charge is 2.08. The maximum absolute atomic E-state index is 12.1. The number of aromatic nitrogens is 1. The number of aryl methyl sites for hydroxylation is 2. The Morgan fingerprint density at radius 3 is 2.78 bits per heavy atom. The van der Waals surface area contributed by atoms with Crippen molar-refractivity contribution in [1.29, 1.82) is 0 Å². The number of fused-ring (bicyclic) bond motifs is 1. The van der Waals surface area contributed by atoms with E-state index in [-0.39, 0.29) is 11.7 Å². The van der Waals surface area contributed by atoms with Gasteiger partial charge in [0.1, 0.15) is 0 Å². The summed E-state index contributed by atoms with van der Waals surface area (Å²) >= 11 is 0. The van der Waals surface area contributed by atoms with Crippen LogP contribution in [0.3, 0.4) is 0 Å². The number of carbonyl (C=O) groups is 1. The predicted molar refractivity (Wildman–Crippen MR) is 88.2 cm³/mol. The van der Waals surface area contributed by atoms with Crippen molar-refractivity contribution in [3.05, 3.63) is 69.7 Å². The minimum absolute atomic E-state index is 0.0273. The second-order valence-electron chi connectivity index (χ2n) is 5.61. The van der Waals surface area contributed by atoms with Gasteiger partial charge in [0, 0.05) is 13.6 Å². The molecular weight excluding hydrogens is 292 g/mol. The van der Waals surface area contributed by atoms with E-state index in [1.807, 2.05) is 43.3 Å². The van der Waals surface area contributed by atoms with E-state index >= 15 is 0 Å². The predicted octanol–water partition coefficient (Wildman–Crippen LogP) is 2.30. The highest BCUT2D eigenvalue weighted by atomic mass is 16.4. The van der Waals surface area contributed by atoms with Crippen molar-refractivity contribution in [2.75, 3.05) is 0 Å². The van der Waals surface area contributed by atoms with Crippen LogP contribution in [0.5, 0.6) is 0 Å². The lowest BCUT2D eigenvalue weighted by molar-refractivity contribution is -0.120. The van der Waals surface area contributed by atoms with Crippen molar-refractivity contribution in [1.82, 2.24) is 9.88 Å². The Hall–Kier alpha value is -2.82. The van der Waals surface area contributed by atoms with Crippen molar-refractivity contribution in [3.63, 3.8) is 0 Å². The summed E-state index contributed by atoms with van der Waals surface area (Å²) in [5.74, 6) is -0.416. The molecule has 5 heteroatoms. The molecule has 1 N–H and O–H groups in total. The van der Waals surface area contributed by atoms with Gasteiger partial charge in [-0.25, -0.2) is 4.79 Å². The molecule has 0 atom stereocenters. The van der Waals surface area contributed by atoms with Gasteiger partial charge in [-0.3, -0.25) is 9.36 Å². The molecule has 5 nitrogen and oxygen atoms in total. The van der Waals surface area contributed by atoms with Gasteiger partial charge in [-0.1, -0.05) is 30.3 Å². The van der Waals surface area contributed by atoms with Crippen molar-refractivity contribution in [2.45, 2.75) is 19.9 Å². The summed E-state index contributed by atoms with van der Waals surface area (Å²) in [7, 11) is 1.66. The Morgan fingerprint density at radius 2 is 2.00 bits per heavy atom. The zero-order valence-corrected chi connectivity index (χ0v) is 13.1. The quantitative estimate of drug-likeness (QED) is 0.804. The Morgan fingerprint density at radius 1 is 1.22 bits per heavy atom. The maximum atomic E-state index is 12.1. The van der Waals surface area contributed by atoms with Crippen LogP contribution in [0.25, 0.3) is 11.1 Å². The molecule has 0 saturated carbocycles. The van der Waals surface area contributed by atoms with Gasteiger partial charge in [-0.05, 0) is 35.7 Å². The normalized spacial score (nSPS) is 10.9. The number of rotatable bonds is 4. The maximum Gasteiger partial charge on any atom is 0.419 e. The first-order valence-electron chi connectivity index (χ1n) is 7.44. The van der Waals surface area contributed by atoms with E-state index in [1.165, 1.54) is 4.57 Å². The minimum atomic E-state index is -0.388. The summed E-state index contributed by atoms with van der Waals surface area (Å²) in [4.78, 5) is 23.6. The van der Waals surface area contributed by atoms with Crippen LogP contribution in [0.2, 0.25) is 0 Å². The molecule has 0 bridgehead atoms. The number of nitrogens with one attached hydrogen (secondary N) is 1. The Balaban J connectivity index is 1.68. The molecule has 3 rings (SSSR count). The first-order valence-corrected chi connectivity index (χ1v) is 7.44. The van der Waals surface area contributed by atoms with Crippen LogP contribution in [0.1, 0.15) is 16.7 Å². The fourth-order valence-electron chi connectivity index (χ4n) is 2.53. The summed E-state index contributed by atoms with van der Waals surface area (Å²) in [5.41, 5.74) is 4.33. The van der Waals surface area contributed by atoms with Gasteiger partial charge in [-0.2, -0.15) is 0 Å². The number of nitrogens with zero attached hydrogens (tertiary/aromatic N) is 1. The average Bonchev–Trinajstić information content (AvgIpc) is 2.82. The van der Waals surface area contributed by atoms with E-state index in [0.29, 0.717) is 18.5 Å². The molecule has 0 unspecified atom stereocenters. The number of amides is 1.